The molecular formula is C26H34F6N6O6. The van der Waals surface area contributed by atoms with Gasteiger partial charge in [-0.2, -0.15) is 26.3 Å². The van der Waals surface area contributed by atoms with Crippen LogP contribution in [0.15, 0.2) is 24.7 Å². The highest BCUT2D eigenvalue weighted by atomic mass is 19.4. The number of aromatic nitrogens is 3. The lowest BCUT2D eigenvalue weighted by atomic mass is 10.2. The first-order valence-corrected chi connectivity index (χ1v) is 13.4. The van der Waals surface area contributed by atoms with E-state index in [0.29, 0.717) is 25.7 Å². The van der Waals surface area contributed by atoms with Gasteiger partial charge in [-0.25, -0.2) is 19.6 Å². The molecule has 0 aromatic carbocycles. The van der Waals surface area contributed by atoms with Crippen LogP contribution in [-0.2, 0) is 20.9 Å². The number of carboxylic acids is 2. The molecule has 3 N–H and O–H groups in total. The summed E-state index contributed by atoms with van der Waals surface area (Å²) in [6, 6.07) is 1.97. The second-order valence-electron chi connectivity index (χ2n) is 10.1. The van der Waals surface area contributed by atoms with Crippen LogP contribution in [0.5, 0.6) is 0 Å². The zero-order valence-corrected chi connectivity index (χ0v) is 24.0. The minimum atomic E-state index is -5.08. The maximum atomic E-state index is 12.8. The second-order valence-corrected chi connectivity index (χ2v) is 10.1. The topological polar surface area (TPSA) is 150 Å². The Kier molecular flexibility index (Phi) is 13.4. The van der Waals surface area contributed by atoms with Crippen molar-refractivity contribution in [2.24, 2.45) is 5.92 Å². The zero-order chi connectivity index (χ0) is 33.1. The standard InChI is InChI=1S/C22H32N6O2.2C2HF3O2/c1-26(2)7-3-6-23-21(29)20-12-18(16-28(20)15-17-4-5-17)19-13-24-22(25-14-19)27-8-10-30-11-9-27;2*3-2(4,5)1(6)7/h12-14,16-17H,3-11,15H2,1-2H3,(H,23,29);2*(H,6,7). The van der Waals surface area contributed by atoms with Crippen molar-refractivity contribution >= 4 is 23.8 Å². The number of morpholine rings is 1. The monoisotopic (exact) mass is 640 g/mol. The average molecular weight is 641 g/mol. The molecule has 4 rings (SSSR count). The highest BCUT2D eigenvalue weighted by molar-refractivity contribution is 5.94. The number of hydrogen-bond acceptors (Lipinski definition) is 8. The average Bonchev–Trinajstić information content (AvgIpc) is 3.67. The van der Waals surface area contributed by atoms with Gasteiger partial charge in [0.1, 0.15) is 5.69 Å². The van der Waals surface area contributed by atoms with Crippen LogP contribution in [0.2, 0.25) is 0 Å². The molecule has 0 bridgehead atoms. The number of alkyl halides is 6. The number of carbonyl (C=O) groups is 3. The molecule has 1 saturated heterocycles. The van der Waals surface area contributed by atoms with Crippen LogP contribution < -0.4 is 10.2 Å². The molecule has 18 heteroatoms. The number of aliphatic carboxylic acids is 2. The van der Waals surface area contributed by atoms with Crippen LogP contribution in [0.4, 0.5) is 32.3 Å². The van der Waals surface area contributed by atoms with Gasteiger partial charge in [-0.1, -0.05) is 0 Å². The molecule has 44 heavy (non-hydrogen) atoms. The van der Waals surface area contributed by atoms with Crippen LogP contribution in [-0.4, -0.2) is 113 Å². The first-order valence-electron chi connectivity index (χ1n) is 13.4. The minimum Gasteiger partial charge on any atom is -0.475 e. The Morgan fingerprint density at radius 2 is 1.50 bits per heavy atom. The molecule has 2 aromatic heterocycles. The summed E-state index contributed by atoms with van der Waals surface area (Å²) in [5.74, 6) is -4.10. The largest absolute Gasteiger partial charge is 0.490 e. The lowest BCUT2D eigenvalue weighted by Crippen LogP contribution is -2.37. The summed E-state index contributed by atoms with van der Waals surface area (Å²) in [6.45, 7) is 5.59. The smallest absolute Gasteiger partial charge is 0.475 e. The number of rotatable bonds is 9. The molecule has 2 aromatic rings. The zero-order valence-electron chi connectivity index (χ0n) is 24.0. The quantitative estimate of drug-likeness (QED) is 0.276. The van der Waals surface area contributed by atoms with E-state index in [9.17, 15) is 31.1 Å². The second kappa shape index (κ2) is 16.2. The van der Waals surface area contributed by atoms with Crippen molar-refractivity contribution in [3.63, 3.8) is 0 Å². The van der Waals surface area contributed by atoms with Gasteiger partial charge in [-0.15, -0.1) is 0 Å². The Bertz CT molecular complexity index is 1200. The van der Waals surface area contributed by atoms with Crippen LogP contribution in [0.1, 0.15) is 29.8 Å². The maximum absolute atomic E-state index is 12.8. The van der Waals surface area contributed by atoms with Crippen LogP contribution in [0, 0.1) is 5.92 Å². The van der Waals surface area contributed by atoms with Gasteiger partial charge >= 0.3 is 24.3 Å². The molecule has 0 spiro atoms. The molecule has 1 aliphatic heterocycles. The number of carbonyl (C=O) groups excluding carboxylic acids is 1. The van der Waals surface area contributed by atoms with Gasteiger partial charge in [-0.05, 0) is 51.9 Å². The van der Waals surface area contributed by atoms with Crippen LogP contribution >= 0.6 is 0 Å². The lowest BCUT2D eigenvalue weighted by molar-refractivity contribution is -0.193. The summed E-state index contributed by atoms with van der Waals surface area (Å²) in [6.07, 6.45) is -0.962. The Morgan fingerprint density at radius 3 is 1.95 bits per heavy atom. The molecule has 1 aliphatic carbocycles. The van der Waals surface area contributed by atoms with Crippen molar-refractivity contribution in [3.05, 3.63) is 30.4 Å². The number of ether oxygens (including phenoxy) is 1. The Labute approximate surface area is 248 Å². The van der Waals surface area contributed by atoms with Gasteiger partial charge in [0.2, 0.25) is 5.95 Å². The maximum Gasteiger partial charge on any atom is 0.490 e. The third-order valence-electron chi connectivity index (χ3n) is 6.10. The Hall–Kier alpha value is -3.93. The molecule has 1 saturated carbocycles. The molecule has 1 amide bonds. The fourth-order valence-corrected chi connectivity index (χ4v) is 3.67. The van der Waals surface area contributed by atoms with Crippen molar-refractivity contribution < 1.29 is 55.7 Å². The normalized spacial score (nSPS) is 15.1. The minimum absolute atomic E-state index is 0.00786. The number of carboxylic acid groups (broad SMARTS) is 2. The number of nitrogens with zero attached hydrogens (tertiary/aromatic N) is 5. The van der Waals surface area contributed by atoms with E-state index < -0.39 is 24.3 Å². The first kappa shape index (κ1) is 36.3. The summed E-state index contributed by atoms with van der Waals surface area (Å²) < 4.78 is 71.0. The number of nitrogens with one attached hydrogen (secondary N) is 1. The summed E-state index contributed by atoms with van der Waals surface area (Å²) in [5.41, 5.74) is 2.64. The van der Waals surface area contributed by atoms with Crippen molar-refractivity contribution in [1.82, 2.24) is 24.8 Å². The van der Waals surface area contributed by atoms with E-state index in [0.717, 1.165) is 55.4 Å². The highest BCUT2D eigenvalue weighted by Gasteiger charge is 2.38. The summed E-state index contributed by atoms with van der Waals surface area (Å²) in [4.78, 5) is 44.0. The fraction of sp³-hybridized carbons (Fsp3) is 0.577. The molecule has 2 fully saturated rings. The van der Waals surface area contributed by atoms with Gasteiger partial charge in [0.05, 0.1) is 13.2 Å². The van der Waals surface area contributed by atoms with E-state index in [1.807, 2.05) is 32.6 Å². The van der Waals surface area contributed by atoms with E-state index in [2.05, 4.69) is 35.8 Å². The van der Waals surface area contributed by atoms with Crippen molar-refractivity contribution in [2.45, 2.75) is 38.2 Å². The SMILES string of the molecule is CN(C)CCCNC(=O)c1cc(-c2cnc(N3CCOCC3)nc2)cn1CC1CC1.O=C(O)C(F)(F)F.O=C(O)C(F)(F)F. The van der Waals surface area contributed by atoms with Gasteiger partial charge in [-0.3, -0.25) is 4.79 Å². The number of halogens is 6. The van der Waals surface area contributed by atoms with E-state index >= 15 is 0 Å². The summed E-state index contributed by atoms with van der Waals surface area (Å²) in [5, 5.41) is 17.3. The van der Waals surface area contributed by atoms with E-state index in [-0.39, 0.29) is 5.91 Å². The van der Waals surface area contributed by atoms with Crippen molar-refractivity contribution in [1.29, 1.82) is 0 Å². The molecule has 0 radical (unpaired) electrons. The summed E-state index contributed by atoms with van der Waals surface area (Å²) >= 11 is 0. The third kappa shape index (κ3) is 12.7. The van der Waals surface area contributed by atoms with E-state index in [1.54, 1.807) is 0 Å². The van der Waals surface area contributed by atoms with Crippen LogP contribution in [0.25, 0.3) is 11.1 Å². The fourth-order valence-electron chi connectivity index (χ4n) is 3.67. The highest BCUT2D eigenvalue weighted by Crippen LogP contribution is 2.32. The van der Waals surface area contributed by atoms with Crippen LogP contribution in [0.3, 0.4) is 0 Å². The molecule has 0 unspecified atom stereocenters. The number of anilines is 1. The van der Waals surface area contributed by atoms with Gasteiger partial charge in [0, 0.05) is 55.9 Å². The van der Waals surface area contributed by atoms with Crippen molar-refractivity contribution in [2.75, 3.05) is 58.4 Å². The predicted molar refractivity (Wildman–Crippen MR) is 144 cm³/mol. The van der Waals surface area contributed by atoms with E-state index in [1.165, 1.54) is 12.8 Å². The lowest BCUT2D eigenvalue weighted by Gasteiger charge is -2.26. The first-order chi connectivity index (χ1) is 20.5. The Morgan fingerprint density at radius 1 is 0.977 bits per heavy atom. The van der Waals surface area contributed by atoms with Crippen molar-refractivity contribution in [3.8, 4) is 11.1 Å². The molecule has 246 valence electrons. The number of amides is 1. The van der Waals surface area contributed by atoms with Gasteiger partial charge < -0.3 is 34.6 Å². The molecule has 2 aliphatic rings. The summed E-state index contributed by atoms with van der Waals surface area (Å²) in [7, 11) is 4.09. The predicted octanol–water partition coefficient (Wildman–Crippen LogP) is 3.14. The van der Waals surface area contributed by atoms with E-state index in [4.69, 9.17) is 24.5 Å². The Balaban J connectivity index is 0.000000402. The number of hydrogen-bond donors (Lipinski definition) is 3. The third-order valence-corrected chi connectivity index (χ3v) is 6.10. The van der Waals surface area contributed by atoms with Gasteiger partial charge in [0.25, 0.3) is 5.91 Å². The molecule has 3 heterocycles. The molecular weight excluding hydrogens is 606 g/mol. The molecule has 0 atom stereocenters. The molecule has 12 nitrogen and oxygen atoms in total. The van der Waals surface area contributed by atoms with Gasteiger partial charge in [0.15, 0.2) is 0 Å².